The third-order valence-corrected chi connectivity index (χ3v) is 2.95. The van der Waals surface area contributed by atoms with Crippen LogP contribution in [-0.2, 0) is 0 Å². The molecule has 0 bridgehead atoms. The molecular weight excluding hydrogens is 188 g/mol. The van der Waals surface area contributed by atoms with Crippen LogP contribution < -0.4 is 4.90 Å². The Morgan fingerprint density at radius 3 is 2.85 bits per heavy atom. The maximum Gasteiger partial charge on any atom is 0.349 e. The highest BCUT2D eigenvalue weighted by Gasteiger charge is 2.21. The molecule has 1 fully saturated rings. The molecule has 1 aromatic rings. The predicted octanol–water partition coefficient (Wildman–Crippen LogP) is 1.44. The fourth-order valence-electron chi connectivity index (χ4n) is 1.54. The summed E-state index contributed by atoms with van der Waals surface area (Å²) in [5.74, 6) is -0.223. The number of carbonyl (C=O) groups is 1. The van der Waals surface area contributed by atoms with E-state index in [9.17, 15) is 4.79 Å². The number of anilines is 1. The number of aromatic carboxylic acids is 1. The molecule has 0 spiro atoms. The van der Waals surface area contributed by atoms with Crippen molar-refractivity contribution in [2.75, 3.05) is 18.0 Å². The summed E-state index contributed by atoms with van der Waals surface area (Å²) >= 11 is 1.19. The Labute approximate surface area is 79.8 Å². The van der Waals surface area contributed by atoms with Gasteiger partial charge in [-0.15, -0.1) is 11.3 Å². The second kappa shape index (κ2) is 3.33. The van der Waals surface area contributed by atoms with E-state index in [-0.39, 0.29) is 0 Å². The van der Waals surface area contributed by atoms with Crippen LogP contribution in [-0.4, -0.2) is 29.1 Å². The summed E-state index contributed by atoms with van der Waals surface area (Å²) in [6.07, 6.45) is 2.27. The van der Waals surface area contributed by atoms with Crippen LogP contribution in [0.3, 0.4) is 0 Å². The quantitative estimate of drug-likeness (QED) is 0.781. The van der Waals surface area contributed by atoms with E-state index >= 15 is 0 Å². The lowest BCUT2D eigenvalue weighted by molar-refractivity contribution is 0.0702. The second-order valence-corrected chi connectivity index (χ2v) is 3.86. The van der Waals surface area contributed by atoms with Gasteiger partial charge < -0.3 is 10.0 Å². The fraction of sp³-hybridized carbons (Fsp3) is 0.500. The van der Waals surface area contributed by atoms with Crippen LogP contribution in [0.2, 0.25) is 0 Å². The van der Waals surface area contributed by atoms with E-state index < -0.39 is 5.97 Å². The SMILES string of the molecule is O=C(O)c1scnc1N1CCCC1. The molecule has 13 heavy (non-hydrogen) atoms. The molecule has 70 valence electrons. The van der Waals surface area contributed by atoms with Gasteiger partial charge >= 0.3 is 5.97 Å². The number of hydrogen-bond donors (Lipinski definition) is 1. The summed E-state index contributed by atoms with van der Waals surface area (Å²) in [5, 5.41) is 8.86. The molecule has 0 atom stereocenters. The molecule has 5 heteroatoms. The van der Waals surface area contributed by atoms with Crippen LogP contribution in [0.25, 0.3) is 0 Å². The van der Waals surface area contributed by atoms with Gasteiger partial charge in [0.15, 0.2) is 10.7 Å². The largest absolute Gasteiger partial charge is 0.477 e. The zero-order valence-electron chi connectivity index (χ0n) is 7.06. The Bertz CT molecular complexity index is 318. The first-order chi connectivity index (χ1) is 6.29. The molecule has 2 rings (SSSR count). The molecule has 1 saturated heterocycles. The van der Waals surface area contributed by atoms with Crippen LogP contribution in [0.15, 0.2) is 5.51 Å². The lowest BCUT2D eigenvalue weighted by Gasteiger charge is -2.14. The van der Waals surface area contributed by atoms with Gasteiger partial charge in [0.25, 0.3) is 0 Å². The van der Waals surface area contributed by atoms with Crippen LogP contribution in [0.5, 0.6) is 0 Å². The number of carboxylic acid groups (broad SMARTS) is 1. The molecular formula is C8H10N2O2S. The van der Waals surface area contributed by atoms with Crippen molar-refractivity contribution in [2.45, 2.75) is 12.8 Å². The molecule has 2 heterocycles. The molecule has 1 aliphatic rings. The maximum atomic E-state index is 10.8. The smallest absolute Gasteiger partial charge is 0.349 e. The first-order valence-electron chi connectivity index (χ1n) is 4.21. The molecule has 1 aliphatic heterocycles. The number of hydrogen-bond acceptors (Lipinski definition) is 4. The van der Waals surface area contributed by atoms with Gasteiger partial charge in [-0.25, -0.2) is 9.78 Å². The highest BCUT2D eigenvalue weighted by Crippen LogP contribution is 2.25. The molecule has 0 saturated carbocycles. The van der Waals surface area contributed by atoms with Crippen molar-refractivity contribution in [1.29, 1.82) is 0 Å². The van der Waals surface area contributed by atoms with Gasteiger partial charge in [0.2, 0.25) is 0 Å². The first-order valence-corrected chi connectivity index (χ1v) is 5.09. The Balaban J connectivity index is 2.28. The lowest BCUT2D eigenvalue weighted by atomic mass is 10.4. The first kappa shape index (κ1) is 8.50. The summed E-state index contributed by atoms with van der Waals surface area (Å²) in [6.45, 7) is 1.87. The van der Waals surface area contributed by atoms with Gasteiger partial charge in [-0.3, -0.25) is 0 Å². The van der Waals surface area contributed by atoms with E-state index in [4.69, 9.17) is 5.11 Å². The van der Waals surface area contributed by atoms with Gasteiger partial charge in [-0.2, -0.15) is 0 Å². The zero-order valence-corrected chi connectivity index (χ0v) is 7.88. The standard InChI is InChI=1S/C8H10N2O2S/c11-8(12)6-7(9-5-13-6)10-3-1-2-4-10/h5H,1-4H2,(H,11,12). The zero-order chi connectivity index (χ0) is 9.26. The van der Waals surface area contributed by atoms with Crippen molar-refractivity contribution in [3.05, 3.63) is 10.4 Å². The summed E-state index contributed by atoms with van der Waals surface area (Å²) in [7, 11) is 0. The van der Waals surface area contributed by atoms with Crippen molar-refractivity contribution >= 4 is 23.1 Å². The third kappa shape index (κ3) is 1.51. The Hall–Kier alpha value is -1.10. The predicted molar refractivity (Wildman–Crippen MR) is 50.5 cm³/mol. The molecule has 0 aromatic carbocycles. The second-order valence-electron chi connectivity index (χ2n) is 3.00. The third-order valence-electron chi connectivity index (χ3n) is 2.15. The van der Waals surface area contributed by atoms with Crippen LogP contribution in [0, 0.1) is 0 Å². The average molecular weight is 198 g/mol. The maximum absolute atomic E-state index is 10.8. The van der Waals surface area contributed by atoms with Gasteiger partial charge in [0, 0.05) is 13.1 Å². The van der Waals surface area contributed by atoms with Crippen molar-refractivity contribution < 1.29 is 9.90 Å². The van der Waals surface area contributed by atoms with E-state index in [0.29, 0.717) is 10.7 Å². The van der Waals surface area contributed by atoms with Gasteiger partial charge in [0.05, 0.1) is 5.51 Å². The summed E-state index contributed by atoms with van der Waals surface area (Å²) in [6, 6.07) is 0. The minimum atomic E-state index is -0.871. The topological polar surface area (TPSA) is 53.4 Å². The number of carboxylic acids is 1. The van der Waals surface area contributed by atoms with Crippen LogP contribution in [0.1, 0.15) is 22.5 Å². The van der Waals surface area contributed by atoms with E-state index in [1.54, 1.807) is 5.51 Å². The van der Waals surface area contributed by atoms with Crippen LogP contribution in [0.4, 0.5) is 5.82 Å². The molecule has 0 aliphatic carbocycles. The Morgan fingerprint density at radius 2 is 2.23 bits per heavy atom. The Kier molecular flexibility index (Phi) is 2.18. The summed E-state index contributed by atoms with van der Waals surface area (Å²) in [5.41, 5.74) is 1.59. The molecule has 0 unspecified atom stereocenters. The molecule has 1 N–H and O–H groups in total. The highest BCUT2D eigenvalue weighted by molar-refractivity contribution is 7.12. The van der Waals surface area contributed by atoms with E-state index in [0.717, 1.165) is 25.9 Å². The summed E-state index contributed by atoms with van der Waals surface area (Å²) in [4.78, 5) is 17.3. The molecule has 4 nitrogen and oxygen atoms in total. The number of thiazole rings is 1. The van der Waals surface area contributed by atoms with Crippen molar-refractivity contribution in [3.63, 3.8) is 0 Å². The minimum Gasteiger partial charge on any atom is -0.477 e. The highest BCUT2D eigenvalue weighted by atomic mass is 32.1. The average Bonchev–Trinajstić information content (AvgIpc) is 2.74. The van der Waals surface area contributed by atoms with Gasteiger partial charge in [0.1, 0.15) is 0 Å². The number of nitrogens with zero attached hydrogens (tertiary/aromatic N) is 2. The van der Waals surface area contributed by atoms with Crippen molar-refractivity contribution in [3.8, 4) is 0 Å². The van der Waals surface area contributed by atoms with Gasteiger partial charge in [-0.1, -0.05) is 0 Å². The molecule has 0 amide bonds. The molecule has 0 radical (unpaired) electrons. The number of rotatable bonds is 2. The van der Waals surface area contributed by atoms with E-state index in [1.165, 1.54) is 11.3 Å². The van der Waals surface area contributed by atoms with Crippen LogP contribution >= 0.6 is 11.3 Å². The monoisotopic (exact) mass is 198 g/mol. The van der Waals surface area contributed by atoms with E-state index in [2.05, 4.69) is 4.98 Å². The Morgan fingerprint density at radius 1 is 1.54 bits per heavy atom. The number of aromatic nitrogens is 1. The van der Waals surface area contributed by atoms with Crippen molar-refractivity contribution in [2.24, 2.45) is 0 Å². The molecule has 1 aromatic heterocycles. The normalized spacial score (nSPS) is 16.5. The van der Waals surface area contributed by atoms with E-state index in [1.807, 2.05) is 4.90 Å². The minimum absolute atomic E-state index is 0.363. The summed E-state index contributed by atoms with van der Waals surface area (Å²) < 4.78 is 0. The fourth-order valence-corrected chi connectivity index (χ4v) is 2.19. The lowest BCUT2D eigenvalue weighted by Crippen LogP contribution is -2.20. The van der Waals surface area contributed by atoms with Crippen molar-refractivity contribution in [1.82, 2.24) is 4.98 Å². The van der Waals surface area contributed by atoms with Gasteiger partial charge in [-0.05, 0) is 12.8 Å².